The molecule has 60 valence electrons. The van der Waals surface area contributed by atoms with Gasteiger partial charge in [-0.15, -0.1) is 11.3 Å². The van der Waals surface area contributed by atoms with Crippen LogP contribution >= 0.6 is 11.3 Å². The molecular formula is C8H11NOS. The average molecular weight is 169 g/mol. The van der Waals surface area contributed by atoms with Crippen molar-refractivity contribution in [2.45, 2.75) is 12.8 Å². The molecule has 2 rings (SSSR count). The minimum Gasteiger partial charge on any atom is -0.487 e. The summed E-state index contributed by atoms with van der Waals surface area (Å²) < 4.78 is 5.23. The Labute approximate surface area is 70.2 Å². The number of methoxy groups -OCH3 is 1. The third kappa shape index (κ3) is 1.09. The van der Waals surface area contributed by atoms with Gasteiger partial charge in [-0.25, -0.2) is 0 Å². The van der Waals surface area contributed by atoms with E-state index in [9.17, 15) is 0 Å². The number of anilines is 1. The third-order valence-electron chi connectivity index (χ3n) is 1.96. The molecule has 1 aliphatic rings. The molecule has 1 N–H and O–H groups in total. The molecule has 0 unspecified atom stereocenters. The molecule has 2 nitrogen and oxygen atoms in total. The minimum atomic E-state index is 1.08. The van der Waals surface area contributed by atoms with Gasteiger partial charge in [0.05, 0.1) is 12.8 Å². The molecule has 1 aliphatic heterocycles. The molecule has 0 saturated carbocycles. The van der Waals surface area contributed by atoms with Crippen LogP contribution in [-0.2, 0) is 6.42 Å². The van der Waals surface area contributed by atoms with Gasteiger partial charge < -0.3 is 10.1 Å². The van der Waals surface area contributed by atoms with Crippen molar-refractivity contribution in [1.29, 1.82) is 0 Å². The van der Waals surface area contributed by atoms with Crippen molar-refractivity contribution in [3.63, 3.8) is 0 Å². The van der Waals surface area contributed by atoms with Crippen molar-refractivity contribution in [1.82, 2.24) is 0 Å². The van der Waals surface area contributed by atoms with Gasteiger partial charge in [0.15, 0.2) is 5.06 Å². The fourth-order valence-electron chi connectivity index (χ4n) is 1.41. The summed E-state index contributed by atoms with van der Waals surface area (Å²) in [6.45, 7) is 1.10. The standard InChI is InChI=1S/C8H11NOS/c1-10-8-6-3-2-4-9-7(6)5-11-8/h5,9H,2-4H2,1H3. The topological polar surface area (TPSA) is 21.3 Å². The van der Waals surface area contributed by atoms with Gasteiger partial charge in [0.2, 0.25) is 0 Å². The minimum absolute atomic E-state index is 1.08. The second-order valence-electron chi connectivity index (χ2n) is 2.65. The fraction of sp³-hybridized carbons (Fsp3) is 0.500. The molecule has 0 aromatic carbocycles. The Kier molecular flexibility index (Phi) is 1.74. The van der Waals surface area contributed by atoms with Crippen LogP contribution in [0.5, 0.6) is 5.06 Å². The maximum absolute atomic E-state index is 5.23. The highest BCUT2D eigenvalue weighted by Crippen LogP contribution is 2.36. The Bertz CT molecular complexity index is 243. The normalized spacial score (nSPS) is 15.4. The lowest BCUT2D eigenvalue weighted by molar-refractivity contribution is 0.422. The van der Waals surface area contributed by atoms with Crippen molar-refractivity contribution < 1.29 is 4.74 Å². The fourth-order valence-corrected chi connectivity index (χ4v) is 2.31. The van der Waals surface area contributed by atoms with E-state index >= 15 is 0 Å². The van der Waals surface area contributed by atoms with Crippen molar-refractivity contribution in [2.75, 3.05) is 19.0 Å². The zero-order valence-electron chi connectivity index (χ0n) is 6.52. The average Bonchev–Trinajstić information content (AvgIpc) is 2.47. The van der Waals surface area contributed by atoms with E-state index in [0.717, 1.165) is 18.0 Å². The summed E-state index contributed by atoms with van der Waals surface area (Å²) in [4.78, 5) is 0. The van der Waals surface area contributed by atoms with E-state index in [4.69, 9.17) is 4.74 Å². The van der Waals surface area contributed by atoms with Gasteiger partial charge in [0.1, 0.15) is 0 Å². The van der Waals surface area contributed by atoms with E-state index in [1.54, 1.807) is 18.4 Å². The molecule has 1 aromatic heterocycles. The molecule has 0 bridgehead atoms. The summed E-state index contributed by atoms with van der Waals surface area (Å²) in [5.74, 6) is 0. The van der Waals surface area contributed by atoms with Crippen LogP contribution in [0.4, 0.5) is 5.69 Å². The summed E-state index contributed by atoms with van der Waals surface area (Å²) in [5, 5.41) is 6.56. The first kappa shape index (κ1) is 6.98. The predicted molar refractivity (Wildman–Crippen MR) is 47.7 cm³/mol. The van der Waals surface area contributed by atoms with Crippen LogP contribution < -0.4 is 10.1 Å². The van der Waals surface area contributed by atoms with Crippen LogP contribution in [0.1, 0.15) is 12.0 Å². The lowest BCUT2D eigenvalue weighted by Crippen LogP contribution is -2.09. The molecule has 1 aromatic rings. The van der Waals surface area contributed by atoms with Crippen LogP contribution in [0.15, 0.2) is 5.38 Å². The van der Waals surface area contributed by atoms with Gasteiger partial charge in [0.25, 0.3) is 0 Å². The van der Waals surface area contributed by atoms with Crippen LogP contribution in [-0.4, -0.2) is 13.7 Å². The number of ether oxygens (including phenoxy) is 1. The van der Waals surface area contributed by atoms with Crippen molar-refractivity contribution >= 4 is 17.0 Å². The maximum Gasteiger partial charge on any atom is 0.178 e. The Morgan fingerprint density at radius 3 is 3.36 bits per heavy atom. The van der Waals surface area contributed by atoms with Crippen molar-refractivity contribution in [3.8, 4) is 5.06 Å². The third-order valence-corrected chi connectivity index (χ3v) is 2.94. The van der Waals surface area contributed by atoms with Gasteiger partial charge >= 0.3 is 0 Å². The summed E-state index contributed by atoms with van der Waals surface area (Å²) in [6.07, 6.45) is 2.38. The van der Waals surface area contributed by atoms with Gasteiger partial charge in [-0.2, -0.15) is 0 Å². The second kappa shape index (κ2) is 2.74. The second-order valence-corrected chi connectivity index (χ2v) is 3.49. The predicted octanol–water partition coefficient (Wildman–Crippen LogP) is 2.11. The van der Waals surface area contributed by atoms with Crippen LogP contribution in [0.3, 0.4) is 0 Å². The first-order valence-corrected chi connectivity index (χ1v) is 4.68. The molecule has 11 heavy (non-hydrogen) atoms. The quantitative estimate of drug-likeness (QED) is 0.695. The molecule has 0 fully saturated rings. The Balaban J connectivity index is 2.38. The smallest absolute Gasteiger partial charge is 0.178 e. The van der Waals surface area contributed by atoms with E-state index in [0.29, 0.717) is 0 Å². The number of hydrogen-bond donors (Lipinski definition) is 1. The zero-order valence-corrected chi connectivity index (χ0v) is 7.33. The number of thiophene rings is 1. The van der Waals surface area contributed by atoms with Crippen molar-refractivity contribution in [2.24, 2.45) is 0 Å². The first-order valence-electron chi connectivity index (χ1n) is 3.80. The number of nitrogens with one attached hydrogen (secondary N) is 1. The molecule has 0 aliphatic carbocycles. The number of hydrogen-bond acceptors (Lipinski definition) is 3. The summed E-state index contributed by atoms with van der Waals surface area (Å²) in [6, 6.07) is 0. The van der Waals surface area contributed by atoms with Crippen LogP contribution in [0.2, 0.25) is 0 Å². The lowest BCUT2D eigenvalue weighted by Gasteiger charge is -2.14. The van der Waals surface area contributed by atoms with E-state index in [-0.39, 0.29) is 0 Å². The zero-order chi connectivity index (χ0) is 7.68. The summed E-state index contributed by atoms with van der Waals surface area (Å²) in [5.41, 5.74) is 2.64. The Hall–Kier alpha value is -0.700. The highest BCUT2D eigenvalue weighted by molar-refractivity contribution is 7.12. The largest absolute Gasteiger partial charge is 0.487 e. The Morgan fingerprint density at radius 2 is 2.55 bits per heavy atom. The molecule has 3 heteroatoms. The number of rotatable bonds is 1. The van der Waals surface area contributed by atoms with Crippen molar-refractivity contribution in [3.05, 3.63) is 10.9 Å². The van der Waals surface area contributed by atoms with Gasteiger partial charge in [-0.1, -0.05) is 0 Å². The lowest BCUT2D eigenvalue weighted by atomic mass is 10.1. The van der Waals surface area contributed by atoms with E-state index in [1.807, 2.05) is 0 Å². The molecule has 0 amide bonds. The van der Waals surface area contributed by atoms with E-state index in [1.165, 1.54) is 17.7 Å². The molecule has 0 radical (unpaired) electrons. The Morgan fingerprint density at radius 1 is 1.64 bits per heavy atom. The van der Waals surface area contributed by atoms with Crippen LogP contribution in [0.25, 0.3) is 0 Å². The number of fused-ring (bicyclic) bond motifs is 1. The monoisotopic (exact) mass is 169 g/mol. The first-order chi connectivity index (χ1) is 5.42. The molecule has 0 saturated heterocycles. The summed E-state index contributed by atoms with van der Waals surface area (Å²) >= 11 is 1.68. The SMILES string of the molecule is COc1scc2c1CCCN2. The molecule has 0 spiro atoms. The molecule has 0 atom stereocenters. The van der Waals surface area contributed by atoms with Gasteiger partial charge in [0, 0.05) is 17.5 Å². The molecule has 2 heterocycles. The highest BCUT2D eigenvalue weighted by Gasteiger charge is 2.14. The van der Waals surface area contributed by atoms with E-state index < -0.39 is 0 Å². The van der Waals surface area contributed by atoms with E-state index in [2.05, 4.69) is 10.7 Å². The van der Waals surface area contributed by atoms with Crippen LogP contribution in [0, 0.1) is 0 Å². The highest BCUT2D eigenvalue weighted by atomic mass is 32.1. The molecular weight excluding hydrogens is 158 g/mol. The van der Waals surface area contributed by atoms with Gasteiger partial charge in [-0.3, -0.25) is 0 Å². The van der Waals surface area contributed by atoms with Gasteiger partial charge in [-0.05, 0) is 12.8 Å². The maximum atomic E-state index is 5.23. The summed E-state index contributed by atoms with van der Waals surface area (Å²) in [7, 11) is 1.74.